The van der Waals surface area contributed by atoms with E-state index in [2.05, 4.69) is 19.0 Å². The normalized spacial score (nSPS) is 10.9. The molecule has 0 atom stereocenters. The number of benzene rings is 2. The summed E-state index contributed by atoms with van der Waals surface area (Å²) < 4.78 is 5.76. The summed E-state index contributed by atoms with van der Waals surface area (Å²) in [4.78, 5) is 12.9. The summed E-state index contributed by atoms with van der Waals surface area (Å²) in [7, 11) is 4.16. The van der Waals surface area contributed by atoms with Gasteiger partial charge in [-0.05, 0) is 62.5 Å². The van der Waals surface area contributed by atoms with Crippen LogP contribution in [-0.2, 0) is 0 Å². The van der Waals surface area contributed by atoms with E-state index in [1.807, 2.05) is 36.4 Å². The molecule has 0 aliphatic heterocycles. The molecular formula is C17H21NO2. The number of rotatable bonds is 7. The van der Waals surface area contributed by atoms with Crippen molar-refractivity contribution in [3.63, 3.8) is 0 Å². The van der Waals surface area contributed by atoms with Gasteiger partial charge in [-0.25, -0.2) is 0 Å². The Kier molecular flexibility index (Phi) is 5.13. The molecule has 2 aromatic rings. The van der Waals surface area contributed by atoms with Gasteiger partial charge in [-0.15, -0.1) is 0 Å². The van der Waals surface area contributed by atoms with E-state index >= 15 is 0 Å². The Hall–Kier alpha value is -1.87. The maximum Gasteiger partial charge on any atom is 0.150 e. The molecule has 106 valence electrons. The minimum Gasteiger partial charge on any atom is -0.494 e. The number of carbonyl (C=O) groups is 1. The molecule has 0 aromatic heterocycles. The first-order valence-corrected chi connectivity index (χ1v) is 6.95. The smallest absolute Gasteiger partial charge is 0.150 e. The third-order valence-electron chi connectivity index (χ3n) is 3.24. The summed E-state index contributed by atoms with van der Waals surface area (Å²) in [5, 5.41) is 2.16. The zero-order valence-corrected chi connectivity index (χ0v) is 12.1. The number of unbranched alkanes of at least 4 members (excludes halogenated alkanes) is 1. The molecular weight excluding hydrogens is 250 g/mol. The largest absolute Gasteiger partial charge is 0.494 e. The molecule has 20 heavy (non-hydrogen) atoms. The van der Waals surface area contributed by atoms with Gasteiger partial charge in [-0.1, -0.05) is 18.2 Å². The molecule has 3 heteroatoms. The first kappa shape index (κ1) is 14.5. The SMILES string of the molecule is CN(C)CCCCOc1ccc2cc(C=O)ccc2c1. The van der Waals surface area contributed by atoms with Crippen molar-refractivity contribution in [2.45, 2.75) is 12.8 Å². The zero-order valence-electron chi connectivity index (χ0n) is 12.1. The van der Waals surface area contributed by atoms with Crippen molar-refractivity contribution in [2.75, 3.05) is 27.2 Å². The lowest BCUT2D eigenvalue weighted by Gasteiger charge is -2.10. The van der Waals surface area contributed by atoms with E-state index in [1.54, 1.807) is 0 Å². The van der Waals surface area contributed by atoms with Crippen LogP contribution in [0.4, 0.5) is 0 Å². The predicted octanol–water partition coefficient (Wildman–Crippen LogP) is 3.37. The zero-order chi connectivity index (χ0) is 14.4. The van der Waals surface area contributed by atoms with E-state index in [4.69, 9.17) is 4.74 Å². The molecule has 0 N–H and O–H groups in total. The van der Waals surface area contributed by atoms with E-state index < -0.39 is 0 Å². The second-order valence-electron chi connectivity index (χ2n) is 5.25. The molecule has 2 rings (SSSR count). The van der Waals surface area contributed by atoms with Gasteiger partial charge in [-0.3, -0.25) is 4.79 Å². The Morgan fingerprint density at radius 3 is 2.55 bits per heavy atom. The van der Waals surface area contributed by atoms with Crippen molar-refractivity contribution < 1.29 is 9.53 Å². The van der Waals surface area contributed by atoms with E-state index in [0.717, 1.165) is 48.8 Å². The van der Waals surface area contributed by atoms with Crippen LogP contribution in [0.15, 0.2) is 36.4 Å². The molecule has 0 spiro atoms. The lowest BCUT2D eigenvalue weighted by atomic mass is 10.1. The highest BCUT2D eigenvalue weighted by molar-refractivity contribution is 5.89. The number of carbonyl (C=O) groups excluding carboxylic acids is 1. The molecule has 0 unspecified atom stereocenters. The number of ether oxygens (including phenoxy) is 1. The van der Waals surface area contributed by atoms with Crippen LogP contribution in [0.2, 0.25) is 0 Å². The standard InChI is InChI=1S/C17H21NO2/c1-18(2)9-3-4-10-20-17-8-7-15-11-14(13-19)5-6-16(15)12-17/h5-8,11-13H,3-4,9-10H2,1-2H3. The van der Waals surface area contributed by atoms with Crippen molar-refractivity contribution in [3.05, 3.63) is 42.0 Å². The number of nitrogens with zero attached hydrogens (tertiary/aromatic N) is 1. The summed E-state index contributed by atoms with van der Waals surface area (Å²) in [6.07, 6.45) is 3.07. The van der Waals surface area contributed by atoms with Crippen LogP contribution < -0.4 is 4.74 Å². The number of fused-ring (bicyclic) bond motifs is 1. The highest BCUT2D eigenvalue weighted by atomic mass is 16.5. The molecule has 0 amide bonds. The van der Waals surface area contributed by atoms with Gasteiger partial charge < -0.3 is 9.64 Å². The van der Waals surface area contributed by atoms with Crippen molar-refractivity contribution in [1.29, 1.82) is 0 Å². The summed E-state index contributed by atoms with van der Waals surface area (Å²) in [6.45, 7) is 1.83. The summed E-state index contributed by atoms with van der Waals surface area (Å²) in [5.41, 5.74) is 0.704. The van der Waals surface area contributed by atoms with Crippen LogP contribution in [0.1, 0.15) is 23.2 Å². The third kappa shape index (κ3) is 4.07. The Morgan fingerprint density at radius 2 is 1.80 bits per heavy atom. The van der Waals surface area contributed by atoms with Gasteiger partial charge in [0.05, 0.1) is 6.61 Å². The van der Waals surface area contributed by atoms with Crippen molar-refractivity contribution >= 4 is 17.1 Å². The van der Waals surface area contributed by atoms with Gasteiger partial charge in [0.1, 0.15) is 12.0 Å². The quantitative estimate of drug-likeness (QED) is 0.571. The second kappa shape index (κ2) is 7.06. The van der Waals surface area contributed by atoms with Gasteiger partial charge in [0.2, 0.25) is 0 Å². The maximum atomic E-state index is 10.7. The van der Waals surface area contributed by atoms with Gasteiger partial charge in [0, 0.05) is 5.56 Å². The Bertz CT molecular complexity index is 578. The Balaban J connectivity index is 1.93. The molecule has 2 aromatic carbocycles. The Labute approximate surface area is 120 Å². The molecule has 0 bridgehead atoms. The van der Waals surface area contributed by atoms with E-state index in [0.29, 0.717) is 5.56 Å². The maximum absolute atomic E-state index is 10.7. The third-order valence-corrected chi connectivity index (χ3v) is 3.24. The minimum atomic E-state index is 0.704. The average molecular weight is 271 g/mol. The lowest BCUT2D eigenvalue weighted by Crippen LogP contribution is -2.13. The Morgan fingerprint density at radius 1 is 1.05 bits per heavy atom. The first-order valence-electron chi connectivity index (χ1n) is 6.95. The van der Waals surface area contributed by atoms with Crippen LogP contribution >= 0.6 is 0 Å². The highest BCUT2D eigenvalue weighted by Crippen LogP contribution is 2.21. The molecule has 0 radical (unpaired) electrons. The lowest BCUT2D eigenvalue weighted by molar-refractivity contribution is 0.112. The van der Waals surface area contributed by atoms with Gasteiger partial charge in [0.25, 0.3) is 0 Å². The van der Waals surface area contributed by atoms with Crippen molar-refractivity contribution in [1.82, 2.24) is 4.90 Å². The van der Waals surface area contributed by atoms with Crippen LogP contribution in [0.25, 0.3) is 10.8 Å². The molecule has 0 saturated heterocycles. The van der Waals surface area contributed by atoms with Crippen LogP contribution in [0, 0.1) is 0 Å². The minimum absolute atomic E-state index is 0.704. The monoisotopic (exact) mass is 271 g/mol. The van der Waals surface area contributed by atoms with Gasteiger partial charge >= 0.3 is 0 Å². The first-order chi connectivity index (χ1) is 9.69. The number of hydrogen-bond acceptors (Lipinski definition) is 3. The molecule has 0 saturated carbocycles. The summed E-state index contributed by atoms with van der Waals surface area (Å²) in [6, 6.07) is 11.7. The predicted molar refractivity (Wildman–Crippen MR) is 82.6 cm³/mol. The summed E-state index contributed by atoms with van der Waals surface area (Å²) in [5.74, 6) is 0.890. The average Bonchev–Trinajstić information content (AvgIpc) is 2.46. The van der Waals surface area contributed by atoms with Crippen LogP contribution in [0.3, 0.4) is 0 Å². The van der Waals surface area contributed by atoms with Crippen molar-refractivity contribution in [3.8, 4) is 5.75 Å². The molecule has 0 fully saturated rings. The van der Waals surface area contributed by atoms with Gasteiger partial charge in [0.15, 0.2) is 0 Å². The second-order valence-corrected chi connectivity index (χ2v) is 5.25. The van der Waals surface area contributed by atoms with E-state index in [9.17, 15) is 4.79 Å². The van der Waals surface area contributed by atoms with Crippen LogP contribution in [-0.4, -0.2) is 38.4 Å². The van der Waals surface area contributed by atoms with Crippen LogP contribution in [0.5, 0.6) is 5.75 Å². The fraction of sp³-hybridized carbons (Fsp3) is 0.353. The fourth-order valence-electron chi connectivity index (χ4n) is 2.13. The topological polar surface area (TPSA) is 29.5 Å². The molecule has 0 aliphatic carbocycles. The molecule has 3 nitrogen and oxygen atoms in total. The van der Waals surface area contributed by atoms with E-state index in [-0.39, 0.29) is 0 Å². The van der Waals surface area contributed by atoms with Gasteiger partial charge in [-0.2, -0.15) is 0 Å². The molecule has 0 aliphatic rings. The van der Waals surface area contributed by atoms with E-state index in [1.165, 1.54) is 0 Å². The number of aldehydes is 1. The fourth-order valence-corrected chi connectivity index (χ4v) is 2.13. The van der Waals surface area contributed by atoms with Crippen molar-refractivity contribution in [2.24, 2.45) is 0 Å². The highest BCUT2D eigenvalue weighted by Gasteiger charge is 1.99. The molecule has 0 heterocycles. The summed E-state index contributed by atoms with van der Waals surface area (Å²) >= 11 is 0. The number of hydrogen-bond donors (Lipinski definition) is 0.